The van der Waals surface area contributed by atoms with Crippen molar-refractivity contribution < 1.29 is 4.42 Å². The quantitative estimate of drug-likeness (QED) is 0.813. The number of pyridine rings is 1. The van der Waals surface area contributed by atoms with E-state index in [1.165, 1.54) is 0 Å². The molecule has 0 aliphatic carbocycles. The van der Waals surface area contributed by atoms with Crippen LogP contribution in [0.2, 0.25) is 0 Å². The molecule has 1 aliphatic heterocycles. The highest BCUT2D eigenvalue weighted by Gasteiger charge is 2.41. The predicted octanol–water partition coefficient (Wildman–Crippen LogP) is 2.91. The molecule has 0 unspecified atom stereocenters. The van der Waals surface area contributed by atoms with Crippen molar-refractivity contribution in [3.8, 4) is 0 Å². The molecule has 128 valence electrons. The predicted molar refractivity (Wildman–Crippen MR) is 98.8 cm³/mol. The topological polar surface area (TPSA) is 44.5 Å². The fraction of sp³-hybridized carbons (Fsp3) is 0.444. The Kier molecular flexibility index (Phi) is 5.16. The van der Waals surface area contributed by atoms with Crippen molar-refractivity contribution in [3.63, 3.8) is 0 Å². The Bertz CT molecular complexity index is 685. The maximum atomic E-state index is 5.95. The molecule has 0 amide bonds. The van der Waals surface area contributed by atoms with E-state index >= 15 is 0 Å². The van der Waals surface area contributed by atoms with Gasteiger partial charge in [-0.3, -0.25) is 4.98 Å². The third kappa shape index (κ3) is 3.60. The summed E-state index contributed by atoms with van der Waals surface area (Å²) in [4.78, 5) is 8.94. The van der Waals surface area contributed by atoms with Crippen molar-refractivity contribution >= 4 is 17.3 Å². The highest BCUT2D eigenvalue weighted by molar-refractivity contribution is 7.80. The molecule has 0 radical (unpaired) electrons. The summed E-state index contributed by atoms with van der Waals surface area (Å²) in [6.45, 7) is 3.88. The minimum atomic E-state index is 0.00334. The molecule has 1 N–H and O–H groups in total. The molecule has 6 heteroatoms. The van der Waals surface area contributed by atoms with Gasteiger partial charge in [-0.15, -0.1) is 0 Å². The molecule has 0 bridgehead atoms. The summed E-state index contributed by atoms with van der Waals surface area (Å²) in [6, 6.07) is 10.1. The minimum Gasteiger partial charge on any atom is -0.464 e. The smallest absolute Gasteiger partial charge is 0.170 e. The normalized spacial score (nSPS) is 20.7. The molecule has 0 aromatic carbocycles. The molecule has 3 rings (SSSR count). The van der Waals surface area contributed by atoms with Crippen LogP contribution in [-0.4, -0.2) is 47.1 Å². The number of rotatable bonds is 6. The van der Waals surface area contributed by atoms with Crippen LogP contribution in [0.4, 0.5) is 0 Å². The Morgan fingerprint density at radius 2 is 2.12 bits per heavy atom. The summed E-state index contributed by atoms with van der Waals surface area (Å²) < 4.78 is 5.95. The van der Waals surface area contributed by atoms with E-state index in [4.69, 9.17) is 16.6 Å². The van der Waals surface area contributed by atoms with Crippen molar-refractivity contribution in [1.82, 2.24) is 20.1 Å². The molecule has 0 spiro atoms. The summed E-state index contributed by atoms with van der Waals surface area (Å²) in [7, 11) is 4.18. The molecular formula is C18H24N4OS. The lowest BCUT2D eigenvalue weighted by atomic mass is 10.0. The standard InChI is InChI=1S/C18H24N4OS/c1-13-8-9-15(23-13)17-16(14-7-4-5-10-19-14)20-18(24)22(17)12-6-11-21(2)3/h4-5,7-10,16-17H,6,11-12H2,1-3H3,(H,20,24)/t16-,17+/m1/s1. The number of hydrogen-bond donors (Lipinski definition) is 1. The Morgan fingerprint density at radius 1 is 1.29 bits per heavy atom. The number of aromatic nitrogens is 1. The Balaban J connectivity index is 1.88. The van der Waals surface area contributed by atoms with Gasteiger partial charge < -0.3 is 19.5 Å². The molecular weight excluding hydrogens is 320 g/mol. The third-order valence-corrected chi connectivity index (χ3v) is 4.61. The van der Waals surface area contributed by atoms with E-state index in [2.05, 4.69) is 34.2 Å². The van der Waals surface area contributed by atoms with Crippen molar-refractivity contribution in [1.29, 1.82) is 0 Å². The van der Waals surface area contributed by atoms with E-state index in [1.54, 1.807) is 0 Å². The summed E-state index contributed by atoms with van der Waals surface area (Å²) >= 11 is 5.61. The fourth-order valence-corrected chi connectivity index (χ4v) is 3.46. The molecule has 1 aliphatic rings. The van der Waals surface area contributed by atoms with Crippen LogP contribution in [0, 0.1) is 6.92 Å². The first-order chi connectivity index (χ1) is 11.6. The van der Waals surface area contributed by atoms with Gasteiger partial charge in [0.25, 0.3) is 0 Å². The maximum absolute atomic E-state index is 5.95. The van der Waals surface area contributed by atoms with Crippen LogP contribution in [0.3, 0.4) is 0 Å². The van der Waals surface area contributed by atoms with Gasteiger partial charge in [-0.25, -0.2) is 0 Å². The van der Waals surface area contributed by atoms with Crippen molar-refractivity contribution in [3.05, 3.63) is 53.7 Å². The lowest BCUT2D eigenvalue weighted by Gasteiger charge is -2.26. The molecule has 5 nitrogen and oxygen atoms in total. The van der Waals surface area contributed by atoms with Crippen LogP contribution < -0.4 is 5.32 Å². The SMILES string of the molecule is Cc1ccc([C@H]2[C@@H](c3ccccn3)NC(=S)N2CCCN(C)C)o1. The molecule has 24 heavy (non-hydrogen) atoms. The Labute approximate surface area is 148 Å². The van der Waals surface area contributed by atoms with Crippen LogP contribution in [0.5, 0.6) is 0 Å². The van der Waals surface area contributed by atoms with Crippen molar-refractivity contribution in [2.45, 2.75) is 25.4 Å². The molecule has 2 aromatic rings. The zero-order chi connectivity index (χ0) is 17.1. The number of nitrogens with zero attached hydrogens (tertiary/aromatic N) is 3. The fourth-order valence-electron chi connectivity index (χ4n) is 3.12. The van der Waals surface area contributed by atoms with Gasteiger partial charge in [0.2, 0.25) is 0 Å². The summed E-state index contributed by atoms with van der Waals surface area (Å²) in [5.74, 6) is 1.84. The van der Waals surface area contributed by atoms with Gasteiger partial charge in [0.15, 0.2) is 5.11 Å². The lowest BCUT2D eigenvalue weighted by molar-refractivity contribution is 0.257. The molecule has 2 aromatic heterocycles. The van der Waals surface area contributed by atoms with E-state index in [0.29, 0.717) is 0 Å². The van der Waals surface area contributed by atoms with Gasteiger partial charge in [-0.2, -0.15) is 0 Å². The Hall–Kier alpha value is -1.92. The van der Waals surface area contributed by atoms with Crippen LogP contribution in [-0.2, 0) is 0 Å². The second kappa shape index (κ2) is 7.32. The molecule has 1 saturated heterocycles. The van der Waals surface area contributed by atoms with Crippen LogP contribution in [0.15, 0.2) is 40.9 Å². The first kappa shape index (κ1) is 16.9. The van der Waals surface area contributed by atoms with Gasteiger partial charge in [0, 0.05) is 12.7 Å². The average molecular weight is 344 g/mol. The van der Waals surface area contributed by atoms with E-state index < -0.39 is 0 Å². The number of furan rings is 1. The van der Waals surface area contributed by atoms with Crippen LogP contribution in [0.25, 0.3) is 0 Å². The van der Waals surface area contributed by atoms with E-state index in [0.717, 1.165) is 41.8 Å². The molecule has 0 saturated carbocycles. The highest BCUT2D eigenvalue weighted by atomic mass is 32.1. The Morgan fingerprint density at radius 3 is 2.75 bits per heavy atom. The first-order valence-corrected chi connectivity index (χ1v) is 8.66. The zero-order valence-electron chi connectivity index (χ0n) is 14.4. The van der Waals surface area contributed by atoms with Gasteiger partial charge in [0.05, 0.1) is 11.7 Å². The monoisotopic (exact) mass is 344 g/mol. The van der Waals surface area contributed by atoms with Gasteiger partial charge in [-0.05, 0) is 70.5 Å². The number of thiocarbonyl (C=S) groups is 1. The van der Waals surface area contributed by atoms with E-state index in [1.807, 2.05) is 43.5 Å². The number of aryl methyl sites for hydroxylation is 1. The molecule has 1 fully saturated rings. The van der Waals surface area contributed by atoms with Crippen LogP contribution in [0.1, 0.15) is 35.7 Å². The van der Waals surface area contributed by atoms with E-state index in [9.17, 15) is 0 Å². The van der Waals surface area contributed by atoms with E-state index in [-0.39, 0.29) is 12.1 Å². The second-order valence-corrected chi connectivity index (χ2v) is 6.81. The van der Waals surface area contributed by atoms with Gasteiger partial charge >= 0.3 is 0 Å². The van der Waals surface area contributed by atoms with Crippen molar-refractivity contribution in [2.24, 2.45) is 0 Å². The van der Waals surface area contributed by atoms with Crippen molar-refractivity contribution in [2.75, 3.05) is 27.2 Å². The van der Waals surface area contributed by atoms with Gasteiger partial charge in [-0.1, -0.05) is 6.07 Å². The second-order valence-electron chi connectivity index (χ2n) is 6.43. The maximum Gasteiger partial charge on any atom is 0.170 e. The highest BCUT2D eigenvalue weighted by Crippen LogP contribution is 2.39. The molecule has 3 heterocycles. The largest absolute Gasteiger partial charge is 0.464 e. The third-order valence-electron chi connectivity index (χ3n) is 4.25. The minimum absolute atomic E-state index is 0.00334. The summed E-state index contributed by atoms with van der Waals surface area (Å²) in [5.41, 5.74) is 0.981. The molecule has 2 atom stereocenters. The zero-order valence-corrected chi connectivity index (χ0v) is 15.2. The van der Waals surface area contributed by atoms with Gasteiger partial charge in [0.1, 0.15) is 17.6 Å². The number of nitrogens with one attached hydrogen (secondary N) is 1. The summed E-state index contributed by atoms with van der Waals surface area (Å²) in [5, 5.41) is 4.20. The van der Waals surface area contributed by atoms with Crippen LogP contribution >= 0.6 is 12.2 Å². The number of hydrogen-bond acceptors (Lipinski definition) is 4. The average Bonchev–Trinajstić information content (AvgIpc) is 3.12. The lowest BCUT2D eigenvalue weighted by Crippen LogP contribution is -2.32. The summed E-state index contributed by atoms with van der Waals surface area (Å²) in [6.07, 6.45) is 2.86. The first-order valence-electron chi connectivity index (χ1n) is 8.25.